The van der Waals surface area contributed by atoms with E-state index in [1.165, 1.54) is 13.0 Å². The molecule has 0 radical (unpaired) electrons. The molecular formula is C10H9F2IO2. The van der Waals surface area contributed by atoms with Crippen molar-refractivity contribution >= 4 is 28.4 Å². The van der Waals surface area contributed by atoms with E-state index >= 15 is 0 Å². The fraction of sp³-hybridized carbons (Fsp3) is 0.300. The van der Waals surface area contributed by atoms with Crippen LogP contribution in [0.2, 0.25) is 0 Å². The number of Topliss-reactive ketones (excluding diaryl/α,β-unsaturated/α-hetero) is 1. The van der Waals surface area contributed by atoms with Crippen LogP contribution in [0.3, 0.4) is 0 Å². The van der Waals surface area contributed by atoms with Gasteiger partial charge in [-0.3, -0.25) is 4.79 Å². The number of rotatable bonds is 3. The maximum atomic E-state index is 12.1. The van der Waals surface area contributed by atoms with E-state index in [0.717, 1.165) is 3.57 Å². The van der Waals surface area contributed by atoms with Gasteiger partial charge in [-0.2, -0.15) is 8.78 Å². The summed E-state index contributed by atoms with van der Waals surface area (Å²) in [6.45, 7) is 0.0475. The van der Waals surface area contributed by atoms with Crippen LogP contribution in [0.5, 0.6) is 5.75 Å². The van der Waals surface area contributed by atoms with Crippen LogP contribution in [-0.4, -0.2) is 12.4 Å². The molecule has 0 saturated carbocycles. The van der Waals surface area contributed by atoms with Crippen molar-refractivity contribution < 1.29 is 18.3 Å². The van der Waals surface area contributed by atoms with Crippen molar-refractivity contribution in [2.75, 3.05) is 0 Å². The minimum absolute atomic E-state index is 0.0237. The van der Waals surface area contributed by atoms with Crippen molar-refractivity contribution in [2.45, 2.75) is 20.5 Å². The normalized spacial score (nSPS) is 10.5. The average Bonchev–Trinajstić information content (AvgIpc) is 2.12. The molecule has 0 fully saturated rings. The quantitative estimate of drug-likeness (QED) is 0.629. The molecule has 1 rings (SSSR count). The van der Waals surface area contributed by atoms with Gasteiger partial charge in [0.2, 0.25) is 0 Å². The van der Waals surface area contributed by atoms with Crippen molar-refractivity contribution in [2.24, 2.45) is 0 Å². The summed E-state index contributed by atoms with van der Waals surface area (Å²) >= 11 is 2.00. The average molecular weight is 326 g/mol. The number of ketones is 1. The monoisotopic (exact) mass is 326 g/mol. The Labute approximate surface area is 99.8 Å². The smallest absolute Gasteiger partial charge is 0.387 e. The van der Waals surface area contributed by atoms with Gasteiger partial charge < -0.3 is 4.74 Å². The molecule has 0 spiro atoms. The van der Waals surface area contributed by atoms with Crippen LogP contribution >= 0.6 is 22.6 Å². The molecule has 0 bridgehead atoms. The third kappa shape index (κ3) is 2.87. The first-order valence-electron chi connectivity index (χ1n) is 4.18. The van der Waals surface area contributed by atoms with E-state index in [2.05, 4.69) is 4.74 Å². The fourth-order valence-electron chi connectivity index (χ4n) is 1.19. The number of ether oxygens (including phenoxy) is 1. The van der Waals surface area contributed by atoms with E-state index in [4.69, 9.17) is 0 Å². The minimum Gasteiger partial charge on any atom is -0.434 e. The summed E-state index contributed by atoms with van der Waals surface area (Å²) in [6, 6.07) is 3.19. The van der Waals surface area contributed by atoms with Gasteiger partial charge >= 0.3 is 6.61 Å². The van der Waals surface area contributed by atoms with Crippen LogP contribution in [-0.2, 0) is 0 Å². The highest BCUT2D eigenvalue weighted by Gasteiger charge is 2.16. The zero-order valence-electron chi connectivity index (χ0n) is 8.18. The lowest BCUT2D eigenvalue weighted by Crippen LogP contribution is -2.08. The molecule has 0 saturated heterocycles. The molecule has 0 N–H and O–H groups in total. The highest BCUT2D eigenvalue weighted by molar-refractivity contribution is 14.1. The molecule has 0 amide bonds. The van der Waals surface area contributed by atoms with Crippen LogP contribution in [0, 0.1) is 10.5 Å². The van der Waals surface area contributed by atoms with E-state index in [9.17, 15) is 13.6 Å². The van der Waals surface area contributed by atoms with Crippen molar-refractivity contribution in [1.29, 1.82) is 0 Å². The van der Waals surface area contributed by atoms with Crippen LogP contribution in [0.1, 0.15) is 22.8 Å². The zero-order chi connectivity index (χ0) is 11.6. The number of carbonyl (C=O) groups excluding carboxylic acids is 1. The predicted molar refractivity (Wildman–Crippen MR) is 60.5 cm³/mol. The number of carbonyl (C=O) groups is 1. The summed E-state index contributed by atoms with van der Waals surface area (Å²) in [4.78, 5) is 11.2. The van der Waals surface area contributed by atoms with Gasteiger partial charge in [0.1, 0.15) is 5.75 Å². The minimum atomic E-state index is -2.92. The van der Waals surface area contributed by atoms with Gasteiger partial charge in [0.25, 0.3) is 0 Å². The van der Waals surface area contributed by atoms with Gasteiger partial charge in [0.15, 0.2) is 5.78 Å². The molecule has 0 aliphatic rings. The van der Waals surface area contributed by atoms with E-state index in [1.807, 2.05) is 22.6 Å². The van der Waals surface area contributed by atoms with Crippen LogP contribution in [0.15, 0.2) is 12.1 Å². The summed E-state index contributed by atoms with van der Waals surface area (Å²) in [5.41, 5.74) is 0.747. The van der Waals surface area contributed by atoms with Gasteiger partial charge in [-0.25, -0.2) is 0 Å². The molecule has 0 atom stereocenters. The molecule has 1 aromatic carbocycles. The predicted octanol–water partition coefficient (Wildman–Crippen LogP) is 3.40. The Bertz CT molecular complexity index is 391. The number of benzene rings is 1. The van der Waals surface area contributed by atoms with E-state index in [1.54, 1.807) is 13.0 Å². The lowest BCUT2D eigenvalue weighted by Gasteiger charge is -2.12. The Balaban J connectivity index is 3.28. The van der Waals surface area contributed by atoms with Crippen LogP contribution in [0.4, 0.5) is 8.78 Å². The second kappa shape index (κ2) is 4.87. The Morgan fingerprint density at radius 1 is 1.47 bits per heavy atom. The molecule has 0 aliphatic heterocycles. The highest BCUT2D eigenvalue weighted by atomic mass is 127. The Kier molecular flexibility index (Phi) is 4.01. The van der Waals surface area contributed by atoms with Gasteiger partial charge in [-0.05, 0) is 48.6 Å². The van der Waals surface area contributed by atoms with Crippen molar-refractivity contribution in [3.63, 3.8) is 0 Å². The summed E-state index contributed by atoms with van der Waals surface area (Å²) < 4.78 is 29.4. The molecular weight excluding hydrogens is 317 g/mol. The molecule has 15 heavy (non-hydrogen) atoms. The van der Waals surface area contributed by atoms with Crippen LogP contribution in [0.25, 0.3) is 0 Å². The molecule has 0 heterocycles. The third-order valence-electron chi connectivity index (χ3n) is 1.93. The molecule has 2 nitrogen and oxygen atoms in total. The maximum Gasteiger partial charge on any atom is 0.387 e. The van der Waals surface area contributed by atoms with E-state index in [0.29, 0.717) is 5.56 Å². The Morgan fingerprint density at radius 2 is 2.07 bits per heavy atom. The topological polar surface area (TPSA) is 26.3 Å². The summed E-state index contributed by atoms with van der Waals surface area (Å²) in [5, 5.41) is 0. The number of hydrogen-bond donors (Lipinski definition) is 0. The molecule has 1 aromatic rings. The second-order valence-electron chi connectivity index (χ2n) is 2.98. The lowest BCUT2D eigenvalue weighted by molar-refractivity contribution is -0.0506. The number of hydrogen-bond acceptors (Lipinski definition) is 2. The number of alkyl halides is 2. The van der Waals surface area contributed by atoms with Crippen LogP contribution < -0.4 is 4.74 Å². The highest BCUT2D eigenvalue weighted by Crippen LogP contribution is 2.29. The van der Waals surface area contributed by atoms with Crippen molar-refractivity contribution in [3.8, 4) is 5.75 Å². The first-order valence-corrected chi connectivity index (χ1v) is 5.26. The van der Waals surface area contributed by atoms with Crippen molar-refractivity contribution in [1.82, 2.24) is 0 Å². The standard InChI is InChI=1S/C10H9F2IO2/c1-5-8(13)4-3-7(6(2)14)9(5)15-10(11)12/h3-4,10H,1-2H3. The van der Waals surface area contributed by atoms with E-state index in [-0.39, 0.29) is 17.1 Å². The Hall–Kier alpha value is -0.720. The van der Waals surface area contributed by atoms with Gasteiger partial charge in [-0.15, -0.1) is 0 Å². The third-order valence-corrected chi connectivity index (χ3v) is 3.09. The summed E-state index contributed by atoms with van der Waals surface area (Å²) in [7, 11) is 0. The zero-order valence-corrected chi connectivity index (χ0v) is 10.3. The Morgan fingerprint density at radius 3 is 2.53 bits per heavy atom. The summed E-state index contributed by atoms with van der Waals surface area (Å²) in [6.07, 6.45) is 0. The molecule has 82 valence electrons. The second-order valence-corrected chi connectivity index (χ2v) is 4.15. The fourth-order valence-corrected chi connectivity index (χ4v) is 1.61. The first kappa shape index (κ1) is 12.4. The first-order chi connectivity index (χ1) is 6.93. The maximum absolute atomic E-state index is 12.1. The van der Waals surface area contributed by atoms with Gasteiger partial charge in [-0.1, -0.05) is 0 Å². The molecule has 5 heteroatoms. The van der Waals surface area contributed by atoms with Gasteiger partial charge in [0, 0.05) is 9.13 Å². The lowest BCUT2D eigenvalue weighted by atomic mass is 10.1. The molecule has 0 aromatic heterocycles. The summed E-state index contributed by atoms with van der Waals surface area (Å²) in [5.74, 6) is -0.311. The molecule has 0 unspecified atom stereocenters. The largest absolute Gasteiger partial charge is 0.434 e. The SMILES string of the molecule is CC(=O)c1ccc(I)c(C)c1OC(F)F. The number of halogens is 3. The molecule has 0 aliphatic carbocycles. The van der Waals surface area contributed by atoms with E-state index < -0.39 is 6.61 Å². The van der Waals surface area contributed by atoms with Gasteiger partial charge in [0.05, 0.1) is 5.56 Å². The van der Waals surface area contributed by atoms with Crippen molar-refractivity contribution in [3.05, 3.63) is 26.8 Å².